The third-order valence-electron chi connectivity index (χ3n) is 0. The van der Waals surface area contributed by atoms with Crippen LogP contribution in [0.1, 0.15) is 0 Å². The van der Waals surface area contributed by atoms with Crippen molar-refractivity contribution in [2.24, 2.45) is 5.73 Å². The van der Waals surface area contributed by atoms with Gasteiger partial charge in [-0.3, -0.25) is 0 Å². The van der Waals surface area contributed by atoms with Gasteiger partial charge in [0, 0.05) is 72.8 Å². The molecule has 2 radical (unpaired) electrons. The Morgan fingerprint density at radius 3 is 1.00 bits per heavy atom. The van der Waals surface area contributed by atoms with Crippen LogP contribution in [0, 0.1) is 14.9 Å². The smallest absolute Gasteiger partial charge is 0.0467 e. The molecule has 0 amide bonds. The first-order valence-electron chi connectivity index (χ1n) is 0.577. The van der Waals surface area contributed by atoms with Crippen molar-refractivity contribution in [1.29, 1.82) is 0 Å². The number of rotatable bonds is 0. The Bertz CT molecular complexity index is 10.9. The maximum Gasteiger partial charge on any atom is 0.0467 e. The van der Waals surface area contributed by atoms with Gasteiger partial charge in [-0.2, -0.15) is 0 Å². The van der Waals surface area contributed by atoms with E-state index in [4.69, 9.17) is 0 Å². The third-order valence-corrected chi connectivity index (χ3v) is 0. The van der Waals surface area contributed by atoms with Gasteiger partial charge in [0.15, 0.2) is 0 Å². The summed E-state index contributed by atoms with van der Waals surface area (Å²) in [5.41, 5.74) is 4.50. The fraction of sp³-hybridized carbons (Fsp3) is 0.333. The summed E-state index contributed by atoms with van der Waals surface area (Å²) >= 11 is 0. The predicted molar refractivity (Wildman–Crippen MR) is 28.9 cm³/mol. The van der Waals surface area contributed by atoms with Crippen LogP contribution in [-0.4, -0.2) is 7.05 Å². The third kappa shape index (κ3) is 72.1. The minimum atomic E-state index is 0. The molecule has 0 aromatic carbocycles. The van der Waals surface area contributed by atoms with Crippen molar-refractivity contribution >= 4 is 0 Å². The second-order valence-corrected chi connectivity index (χ2v) is 0. The molecule has 0 aliphatic rings. The Labute approximate surface area is 97.7 Å². The van der Waals surface area contributed by atoms with E-state index in [1.54, 1.807) is 0 Å². The van der Waals surface area contributed by atoms with Gasteiger partial charge < -0.3 is 19.3 Å². The summed E-state index contributed by atoms with van der Waals surface area (Å²) in [4.78, 5) is 0. The van der Waals surface area contributed by atoms with E-state index in [0.717, 1.165) is 0 Å². The molecule has 0 aromatic rings. The first kappa shape index (κ1) is 64.0. The van der Waals surface area contributed by atoms with Crippen LogP contribution in [0.15, 0.2) is 0 Å². The van der Waals surface area contributed by atoms with E-state index >= 15 is 0 Å². The molecule has 0 aromatic heterocycles. The van der Waals surface area contributed by atoms with Gasteiger partial charge in [-0.1, -0.05) is 0 Å². The van der Waals surface area contributed by atoms with Gasteiger partial charge >= 0.3 is 0 Å². The van der Waals surface area contributed by atoms with Crippen molar-refractivity contribution in [1.82, 2.24) is 6.15 Å². The van der Waals surface area contributed by atoms with Crippen LogP contribution < -0.4 is 11.9 Å². The van der Waals surface area contributed by atoms with Gasteiger partial charge in [0.2, 0.25) is 0 Å². The van der Waals surface area contributed by atoms with Crippen molar-refractivity contribution < 1.29 is 65.4 Å². The molecule has 0 fully saturated rings. The molecule has 0 bridgehead atoms. The van der Waals surface area contributed by atoms with E-state index in [1.165, 1.54) is 7.05 Å². The molecule has 0 rings (SSSR count). The summed E-state index contributed by atoms with van der Waals surface area (Å²) in [6, 6.07) is 0. The monoisotopic (exact) mass is 257 g/mol. The van der Waals surface area contributed by atoms with Crippen molar-refractivity contribution in [2.75, 3.05) is 7.05 Å². The zero-order chi connectivity index (χ0) is 2.00. The maximum atomic E-state index is 4.50. The number of quaternary nitrogens is 1. The largest absolute Gasteiger partial charge is 0.369 e. The van der Waals surface area contributed by atoms with E-state index in [0.29, 0.717) is 0 Å². The molecule has 0 aliphatic heterocycles. The molecule has 42 valence electrons. The molecule has 0 aliphatic carbocycles. The molecule has 0 saturated carbocycles. The molecule has 0 unspecified atom stereocenters. The summed E-state index contributed by atoms with van der Waals surface area (Å²) in [5.74, 6) is 0. The Hall–Kier alpha value is 2.00. The Balaban J connectivity index is -0.000000000500. The number of nitrogens with two attached hydrogens (primary N) is 1. The molecular formula is C3H15N2Y2+. The minimum absolute atomic E-state index is 0. The topological polar surface area (TPSA) is 62.5 Å². The molecular weight excluding hydrogens is 242 g/mol. The summed E-state index contributed by atoms with van der Waals surface area (Å²) in [7, 11) is 1.50. The summed E-state index contributed by atoms with van der Waals surface area (Å²) in [6.07, 6.45) is 0. The van der Waals surface area contributed by atoms with E-state index in [-0.39, 0.29) is 86.4 Å². The zero-order valence-electron chi connectivity index (χ0n) is 5.73. The summed E-state index contributed by atoms with van der Waals surface area (Å²) in [5, 5.41) is 0. The van der Waals surface area contributed by atoms with Gasteiger partial charge in [-0.05, 0) is 7.05 Å². The Morgan fingerprint density at radius 2 is 1.00 bits per heavy atom. The molecule has 6 N–H and O–H groups in total. The van der Waals surface area contributed by atoms with Gasteiger partial charge in [0.05, 0.1) is 0 Å². The molecule has 0 saturated heterocycles. The quantitative estimate of drug-likeness (QED) is 0.621. The van der Waals surface area contributed by atoms with Gasteiger partial charge in [0.25, 0.3) is 0 Å². The van der Waals surface area contributed by atoms with E-state index < -0.39 is 0 Å². The molecule has 0 heterocycles. The fourth-order valence-electron chi connectivity index (χ4n) is 0. The van der Waals surface area contributed by atoms with Gasteiger partial charge in [-0.15, -0.1) is 0 Å². The van der Waals surface area contributed by atoms with Crippen LogP contribution in [0.4, 0.5) is 0 Å². The van der Waals surface area contributed by atoms with Crippen LogP contribution >= 0.6 is 0 Å². The maximum absolute atomic E-state index is 4.50. The summed E-state index contributed by atoms with van der Waals surface area (Å²) in [6.45, 7) is 0. The molecule has 2 nitrogen and oxygen atoms in total. The molecule has 4 heteroatoms. The number of hydrogen-bond donors (Lipinski definition) is 2. The zero-order valence-corrected chi connectivity index (χ0v) is 11.4. The second kappa shape index (κ2) is 98.1. The molecule has 7 heavy (non-hydrogen) atoms. The fourth-order valence-corrected chi connectivity index (χ4v) is 0. The summed E-state index contributed by atoms with van der Waals surface area (Å²) < 4.78 is 0. The second-order valence-electron chi connectivity index (χ2n) is 0. The van der Waals surface area contributed by atoms with Gasteiger partial charge in [0.1, 0.15) is 0 Å². The van der Waals surface area contributed by atoms with Crippen molar-refractivity contribution in [3.8, 4) is 0 Å². The van der Waals surface area contributed by atoms with Crippen LogP contribution in [0.25, 0.3) is 0 Å². The van der Waals surface area contributed by atoms with Gasteiger partial charge in [-0.25, -0.2) is 0 Å². The first-order valence-corrected chi connectivity index (χ1v) is 0.577. The molecule has 0 spiro atoms. The molecule has 0 atom stereocenters. The minimum Gasteiger partial charge on any atom is -0.369 e. The Kier molecular flexibility index (Phi) is 898. The average molecular weight is 257 g/mol. The van der Waals surface area contributed by atoms with Crippen LogP contribution in [0.3, 0.4) is 0 Å². The van der Waals surface area contributed by atoms with Crippen molar-refractivity contribution in [2.45, 2.75) is 0 Å². The average Bonchev–Trinajstić information content (AvgIpc) is 1.00. The normalized spacial score (nSPS) is 0.857. The van der Waals surface area contributed by atoms with Crippen LogP contribution in [0.2, 0.25) is 0 Å². The van der Waals surface area contributed by atoms with Crippen LogP contribution in [-0.2, 0) is 65.4 Å². The predicted octanol–water partition coefficient (Wildman–Crippen LogP) is 0.847. The SMILES string of the molecule is CN.[CH3+].[CH3-].[NH4+].[Y].[Y]. The Morgan fingerprint density at radius 1 is 1.00 bits per heavy atom. The number of hydrogen-bond acceptors (Lipinski definition) is 1. The van der Waals surface area contributed by atoms with E-state index in [2.05, 4.69) is 5.73 Å². The van der Waals surface area contributed by atoms with Crippen LogP contribution in [0.5, 0.6) is 0 Å². The van der Waals surface area contributed by atoms with E-state index in [1.807, 2.05) is 0 Å². The first-order chi connectivity index (χ1) is 1.00. The van der Waals surface area contributed by atoms with E-state index in [9.17, 15) is 0 Å². The van der Waals surface area contributed by atoms with Crippen molar-refractivity contribution in [3.05, 3.63) is 14.9 Å². The standard InChI is InChI=1S/CH5N.2CH3.H3N.2Y/c1-2;;;;;/h2H2,1H3;3*1H3;;/q;-1;+1;;;/p+1. The van der Waals surface area contributed by atoms with Crippen molar-refractivity contribution in [3.63, 3.8) is 0 Å².